The minimum atomic E-state index is -0.0598. The minimum absolute atomic E-state index is 0.0598. The fraction of sp³-hybridized carbons (Fsp3) is 0.800. The van der Waals surface area contributed by atoms with E-state index in [0.29, 0.717) is 6.04 Å². The number of aliphatic hydroxyl groups excluding tert-OH is 1. The maximum atomic E-state index is 9.50. The average Bonchev–Trinajstić information content (AvgIpc) is 3.09. The zero-order valence-electron chi connectivity index (χ0n) is 11.5. The molecular weight excluding hydrogens is 256 g/mol. The van der Waals surface area contributed by atoms with Gasteiger partial charge in [-0.3, -0.25) is 0 Å². The van der Waals surface area contributed by atoms with Crippen LogP contribution in [0, 0.1) is 0 Å². The molecule has 0 saturated heterocycles. The molecule has 0 bridgehead atoms. The Morgan fingerprint density at radius 2 is 1.89 bits per heavy atom. The largest absolute Gasteiger partial charge is 0.393 e. The monoisotopic (exact) mass is 280 g/mol. The Morgan fingerprint density at radius 1 is 1.16 bits per heavy atom. The minimum Gasteiger partial charge on any atom is -0.393 e. The van der Waals surface area contributed by atoms with E-state index in [9.17, 15) is 5.11 Å². The molecule has 3 nitrogen and oxygen atoms in total. The van der Waals surface area contributed by atoms with Crippen LogP contribution in [0.3, 0.4) is 0 Å². The quantitative estimate of drug-likeness (QED) is 0.890. The van der Waals surface area contributed by atoms with Gasteiger partial charge in [0.15, 0.2) is 0 Å². The van der Waals surface area contributed by atoms with Crippen molar-refractivity contribution in [3.63, 3.8) is 0 Å². The molecule has 0 atom stereocenters. The molecule has 2 saturated carbocycles. The highest BCUT2D eigenvalue weighted by atomic mass is 32.1. The third-order valence-electron chi connectivity index (χ3n) is 4.54. The molecule has 106 valence electrons. The van der Waals surface area contributed by atoms with Crippen LogP contribution in [0.1, 0.15) is 67.2 Å². The summed E-state index contributed by atoms with van der Waals surface area (Å²) < 4.78 is 0. The van der Waals surface area contributed by atoms with Crippen LogP contribution in [0.2, 0.25) is 0 Å². The molecule has 0 unspecified atom stereocenters. The molecule has 2 N–H and O–H groups in total. The van der Waals surface area contributed by atoms with Gasteiger partial charge < -0.3 is 10.4 Å². The topological polar surface area (TPSA) is 45.1 Å². The molecule has 2 fully saturated rings. The molecular formula is C15H24N2OS. The lowest BCUT2D eigenvalue weighted by molar-refractivity contribution is 0.116. The molecule has 1 heterocycles. The Kier molecular flexibility index (Phi) is 4.51. The van der Waals surface area contributed by atoms with Crippen molar-refractivity contribution < 1.29 is 5.11 Å². The molecule has 3 rings (SSSR count). The van der Waals surface area contributed by atoms with Crippen molar-refractivity contribution >= 4 is 11.3 Å². The van der Waals surface area contributed by atoms with E-state index in [1.165, 1.54) is 35.6 Å². The summed E-state index contributed by atoms with van der Waals surface area (Å²) >= 11 is 1.90. The summed E-state index contributed by atoms with van der Waals surface area (Å²) in [5.74, 6) is 0.739. The van der Waals surface area contributed by atoms with Gasteiger partial charge in [-0.1, -0.05) is 12.8 Å². The summed E-state index contributed by atoms with van der Waals surface area (Å²) in [6, 6.07) is 0.584. The van der Waals surface area contributed by atoms with Crippen LogP contribution in [0.5, 0.6) is 0 Å². The number of hydrogen-bond acceptors (Lipinski definition) is 4. The van der Waals surface area contributed by atoms with Crippen LogP contribution < -0.4 is 5.32 Å². The van der Waals surface area contributed by atoms with Crippen molar-refractivity contribution in [3.05, 3.63) is 16.1 Å². The van der Waals surface area contributed by atoms with Crippen molar-refractivity contribution in [3.8, 4) is 0 Å². The second-order valence-corrected chi connectivity index (χ2v) is 7.18. The molecule has 19 heavy (non-hydrogen) atoms. The van der Waals surface area contributed by atoms with Crippen LogP contribution in [-0.4, -0.2) is 22.2 Å². The van der Waals surface area contributed by atoms with E-state index in [1.54, 1.807) is 0 Å². The van der Waals surface area contributed by atoms with Gasteiger partial charge >= 0.3 is 0 Å². The number of nitrogens with zero attached hydrogens (tertiary/aromatic N) is 1. The first-order valence-corrected chi connectivity index (χ1v) is 8.49. The highest BCUT2D eigenvalue weighted by Gasteiger charge is 2.21. The molecule has 0 spiro atoms. The first kappa shape index (κ1) is 13.5. The molecule has 0 aromatic carbocycles. The molecule has 4 heteroatoms. The Hall–Kier alpha value is -0.450. The number of nitrogens with one attached hydrogen (secondary N) is 1. The standard InChI is InChI=1S/C15H24N2OS/c18-13-7-5-12(6-8-13)16-9-14-10-17-15(19-14)11-3-1-2-4-11/h10-13,16,18H,1-9H2. The molecule has 0 amide bonds. The normalized spacial score (nSPS) is 28.9. The van der Waals surface area contributed by atoms with Crippen LogP contribution in [0.4, 0.5) is 0 Å². The number of hydrogen-bond donors (Lipinski definition) is 2. The van der Waals surface area contributed by atoms with Gasteiger partial charge in [0.2, 0.25) is 0 Å². The second kappa shape index (κ2) is 6.33. The number of rotatable bonds is 4. The molecule has 1 aromatic heterocycles. The van der Waals surface area contributed by atoms with Crippen molar-refractivity contribution in [2.45, 2.75) is 76.0 Å². The van der Waals surface area contributed by atoms with Crippen molar-refractivity contribution in [1.29, 1.82) is 0 Å². The Bertz CT molecular complexity index is 393. The van der Waals surface area contributed by atoms with E-state index in [4.69, 9.17) is 0 Å². The number of thiazole rings is 1. The summed E-state index contributed by atoms with van der Waals surface area (Å²) in [6.45, 7) is 0.950. The number of aliphatic hydroxyl groups is 1. The third-order valence-corrected chi connectivity index (χ3v) is 5.70. The van der Waals surface area contributed by atoms with Gasteiger partial charge in [-0.15, -0.1) is 11.3 Å². The zero-order valence-corrected chi connectivity index (χ0v) is 12.3. The van der Waals surface area contributed by atoms with Gasteiger partial charge in [0.25, 0.3) is 0 Å². The molecule has 2 aliphatic carbocycles. The second-order valence-electron chi connectivity index (χ2n) is 6.03. The Morgan fingerprint density at radius 3 is 2.63 bits per heavy atom. The Labute approximate surface area is 119 Å². The predicted octanol–water partition coefficient (Wildman–Crippen LogP) is 3.19. The van der Waals surface area contributed by atoms with Crippen molar-refractivity contribution in [2.75, 3.05) is 0 Å². The van der Waals surface area contributed by atoms with Gasteiger partial charge in [-0.25, -0.2) is 4.98 Å². The maximum absolute atomic E-state index is 9.50. The van der Waals surface area contributed by atoms with E-state index in [1.807, 2.05) is 11.3 Å². The van der Waals surface area contributed by atoms with Crippen LogP contribution in [-0.2, 0) is 6.54 Å². The highest BCUT2D eigenvalue weighted by molar-refractivity contribution is 7.11. The lowest BCUT2D eigenvalue weighted by Gasteiger charge is -2.26. The first-order chi connectivity index (χ1) is 9.31. The Balaban J connectivity index is 1.47. The lowest BCUT2D eigenvalue weighted by Crippen LogP contribution is -2.33. The summed E-state index contributed by atoms with van der Waals surface area (Å²) in [6.07, 6.45) is 11.5. The van der Waals surface area contributed by atoms with Crippen molar-refractivity contribution in [1.82, 2.24) is 10.3 Å². The van der Waals surface area contributed by atoms with E-state index in [-0.39, 0.29) is 6.10 Å². The SMILES string of the molecule is OC1CCC(NCc2cnc(C3CCCC3)s2)CC1. The van der Waals surface area contributed by atoms with Gasteiger partial charge in [0.05, 0.1) is 11.1 Å². The summed E-state index contributed by atoms with van der Waals surface area (Å²) in [4.78, 5) is 5.98. The van der Waals surface area contributed by atoms with Gasteiger partial charge in [0.1, 0.15) is 0 Å². The predicted molar refractivity (Wildman–Crippen MR) is 78.4 cm³/mol. The van der Waals surface area contributed by atoms with Gasteiger partial charge in [-0.05, 0) is 38.5 Å². The highest BCUT2D eigenvalue weighted by Crippen LogP contribution is 2.36. The smallest absolute Gasteiger partial charge is 0.0959 e. The van der Waals surface area contributed by atoms with E-state index in [0.717, 1.165) is 38.1 Å². The molecule has 1 aromatic rings. The van der Waals surface area contributed by atoms with E-state index < -0.39 is 0 Å². The lowest BCUT2D eigenvalue weighted by atomic mass is 9.93. The van der Waals surface area contributed by atoms with E-state index in [2.05, 4.69) is 16.5 Å². The fourth-order valence-corrected chi connectivity index (χ4v) is 4.33. The van der Waals surface area contributed by atoms with E-state index >= 15 is 0 Å². The maximum Gasteiger partial charge on any atom is 0.0959 e. The molecule has 0 aliphatic heterocycles. The summed E-state index contributed by atoms with van der Waals surface area (Å²) in [5, 5.41) is 14.5. The van der Waals surface area contributed by atoms with Crippen LogP contribution in [0.25, 0.3) is 0 Å². The third kappa shape index (κ3) is 3.56. The molecule has 2 aliphatic rings. The fourth-order valence-electron chi connectivity index (χ4n) is 3.29. The zero-order chi connectivity index (χ0) is 13.1. The summed E-state index contributed by atoms with van der Waals surface area (Å²) in [7, 11) is 0. The number of aromatic nitrogens is 1. The van der Waals surface area contributed by atoms with Gasteiger partial charge in [-0.2, -0.15) is 0 Å². The molecule has 0 radical (unpaired) electrons. The van der Waals surface area contributed by atoms with Crippen LogP contribution in [0.15, 0.2) is 6.20 Å². The first-order valence-electron chi connectivity index (χ1n) is 7.67. The van der Waals surface area contributed by atoms with Gasteiger partial charge in [0, 0.05) is 29.6 Å². The van der Waals surface area contributed by atoms with Crippen molar-refractivity contribution in [2.24, 2.45) is 0 Å². The van der Waals surface area contributed by atoms with Crippen LogP contribution >= 0.6 is 11.3 Å². The average molecular weight is 280 g/mol. The summed E-state index contributed by atoms with van der Waals surface area (Å²) in [5.41, 5.74) is 0.